The molecule has 1 amide bonds. The number of nitrogens with zero attached hydrogens (tertiary/aromatic N) is 5. The molecule has 2 aromatic heterocycles. The van der Waals surface area contributed by atoms with Gasteiger partial charge in [-0.3, -0.25) is 14.6 Å². The van der Waals surface area contributed by atoms with Gasteiger partial charge in [0.05, 0.1) is 11.7 Å². The van der Waals surface area contributed by atoms with Crippen LogP contribution in [0.25, 0.3) is 11.0 Å². The van der Waals surface area contributed by atoms with Gasteiger partial charge in [-0.05, 0) is 39.3 Å². The first-order chi connectivity index (χ1) is 13.8. The van der Waals surface area contributed by atoms with E-state index in [0.717, 1.165) is 13.0 Å². The topological polar surface area (TPSA) is 87.1 Å². The lowest BCUT2D eigenvalue weighted by atomic mass is 10.1. The second kappa shape index (κ2) is 7.35. The second-order valence-electron chi connectivity index (χ2n) is 8.35. The molecule has 8 nitrogen and oxygen atoms in total. The lowest BCUT2D eigenvalue weighted by Crippen LogP contribution is -2.36. The lowest BCUT2D eigenvalue weighted by Gasteiger charge is -2.23. The van der Waals surface area contributed by atoms with E-state index < -0.39 is 0 Å². The van der Waals surface area contributed by atoms with E-state index in [2.05, 4.69) is 10.1 Å². The number of anilines is 1. The summed E-state index contributed by atoms with van der Waals surface area (Å²) >= 11 is 0. The summed E-state index contributed by atoms with van der Waals surface area (Å²) in [4.78, 5) is 36.9. The monoisotopic (exact) mass is 394 g/mol. The summed E-state index contributed by atoms with van der Waals surface area (Å²) in [6, 6.07) is 9.33. The highest BCUT2D eigenvalue weighted by atomic mass is 16.2. The van der Waals surface area contributed by atoms with Gasteiger partial charge in [0.2, 0.25) is 5.95 Å². The molecule has 0 spiro atoms. The van der Waals surface area contributed by atoms with Crippen LogP contribution in [0.4, 0.5) is 5.95 Å². The van der Waals surface area contributed by atoms with E-state index in [1.54, 1.807) is 10.9 Å². The molecule has 1 aromatic carbocycles. The zero-order valence-electron chi connectivity index (χ0n) is 17.1. The summed E-state index contributed by atoms with van der Waals surface area (Å²) in [6.45, 7) is 8.67. The third-order valence-corrected chi connectivity index (χ3v) is 5.16. The van der Waals surface area contributed by atoms with Crippen LogP contribution >= 0.6 is 0 Å². The van der Waals surface area contributed by atoms with Crippen LogP contribution in [0.2, 0.25) is 0 Å². The van der Waals surface area contributed by atoms with Gasteiger partial charge in [-0.25, -0.2) is 4.68 Å². The first-order valence-corrected chi connectivity index (χ1v) is 9.92. The zero-order chi connectivity index (χ0) is 20.6. The lowest BCUT2D eigenvalue weighted by molar-refractivity contribution is 0.0767. The average molecular weight is 394 g/mol. The molecule has 0 aliphatic carbocycles. The van der Waals surface area contributed by atoms with Crippen molar-refractivity contribution in [3.05, 3.63) is 52.4 Å². The Bertz CT molecular complexity index is 1080. The molecule has 1 saturated heterocycles. The summed E-state index contributed by atoms with van der Waals surface area (Å²) in [6.07, 6.45) is 2.37. The van der Waals surface area contributed by atoms with E-state index >= 15 is 0 Å². The standard InChI is InChI=1S/C21H26N6O2/c1-21(2,3)27-17-16(14-22-27)18(28)24-20(23-17)26-11-7-10-25(12-13-26)19(29)15-8-5-4-6-9-15/h4-6,8-9,14H,7,10-13H2,1-3H3,(H,23,24,28). The fourth-order valence-electron chi connectivity index (χ4n) is 3.64. The molecule has 3 heterocycles. The van der Waals surface area contributed by atoms with E-state index in [-0.39, 0.29) is 17.0 Å². The molecule has 3 aromatic rings. The number of hydrogen-bond acceptors (Lipinski definition) is 5. The van der Waals surface area contributed by atoms with Gasteiger partial charge in [0.25, 0.3) is 11.5 Å². The number of rotatable bonds is 2. The minimum atomic E-state index is -0.280. The summed E-state index contributed by atoms with van der Waals surface area (Å²) in [7, 11) is 0. The maximum atomic E-state index is 12.8. The second-order valence-corrected chi connectivity index (χ2v) is 8.35. The van der Waals surface area contributed by atoms with Gasteiger partial charge in [0.1, 0.15) is 5.39 Å². The number of nitrogens with one attached hydrogen (secondary N) is 1. The molecule has 29 heavy (non-hydrogen) atoms. The number of carbonyl (C=O) groups excluding carboxylic acids is 1. The van der Waals surface area contributed by atoms with Gasteiger partial charge in [0.15, 0.2) is 5.65 Å². The number of fused-ring (bicyclic) bond motifs is 1. The molecule has 1 N–H and O–H groups in total. The number of carbonyl (C=O) groups is 1. The molecule has 1 aliphatic rings. The minimum absolute atomic E-state index is 0.0372. The maximum absolute atomic E-state index is 12.8. The smallest absolute Gasteiger partial charge is 0.263 e. The van der Waals surface area contributed by atoms with Crippen LogP contribution in [0.3, 0.4) is 0 Å². The van der Waals surface area contributed by atoms with Crippen molar-refractivity contribution in [2.45, 2.75) is 32.7 Å². The van der Waals surface area contributed by atoms with Crippen molar-refractivity contribution < 1.29 is 4.79 Å². The molecule has 1 aliphatic heterocycles. The van der Waals surface area contributed by atoms with Gasteiger partial charge >= 0.3 is 0 Å². The number of amides is 1. The van der Waals surface area contributed by atoms with E-state index in [4.69, 9.17) is 4.98 Å². The normalized spacial score (nSPS) is 15.6. The predicted molar refractivity (Wildman–Crippen MR) is 112 cm³/mol. The van der Waals surface area contributed by atoms with Gasteiger partial charge in [0, 0.05) is 31.7 Å². The average Bonchev–Trinajstić information content (AvgIpc) is 2.99. The van der Waals surface area contributed by atoms with Crippen molar-refractivity contribution in [3.63, 3.8) is 0 Å². The number of hydrogen-bond donors (Lipinski definition) is 1. The molecule has 0 atom stereocenters. The van der Waals surface area contributed by atoms with Crippen molar-refractivity contribution in [1.29, 1.82) is 0 Å². The Kier molecular flexibility index (Phi) is 4.86. The Morgan fingerprint density at radius 2 is 1.83 bits per heavy atom. The van der Waals surface area contributed by atoms with Gasteiger partial charge in [-0.2, -0.15) is 10.1 Å². The Hall–Kier alpha value is -3.16. The fourth-order valence-corrected chi connectivity index (χ4v) is 3.64. The Morgan fingerprint density at radius 1 is 1.07 bits per heavy atom. The Labute approximate surface area is 169 Å². The molecular weight excluding hydrogens is 368 g/mol. The third-order valence-electron chi connectivity index (χ3n) is 5.16. The molecule has 4 rings (SSSR count). The molecule has 0 radical (unpaired) electrons. The van der Waals surface area contributed by atoms with E-state index in [9.17, 15) is 9.59 Å². The molecular formula is C21H26N6O2. The molecule has 1 fully saturated rings. The van der Waals surface area contributed by atoms with Crippen LogP contribution in [0.1, 0.15) is 37.6 Å². The van der Waals surface area contributed by atoms with Crippen molar-refractivity contribution in [1.82, 2.24) is 24.6 Å². The highest BCUT2D eigenvalue weighted by Gasteiger charge is 2.24. The van der Waals surface area contributed by atoms with E-state index in [1.807, 2.05) is 60.9 Å². The fraction of sp³-hybridized carbons (Fsp3) is 0.429. The van der Waals surface area contributed by atoms with Gasteiger partial charge in [-0.1, -0.05) is 18.2 Å². The summed E-state index contributed by atoms with van der Waals surface area (Å²) < 4.78 is 1.78. The van der Waals surface area contributed by atoms with Gasteiger partial charge < -0.3 is 9.80 Å². The highest BCUT2D eigenvalue weighted by molar-refractivity contribution is 5.94. The number of benzene rings is 1. The molecule has 152 valence electrons. The largest absolute Gasteiger partial charge is 0.340 e. The van der Waals surface area contributed by atoms with Crippen LogP contribution in [-0.2, 0) is 5.54 Å². The Balaban J connectivity index is 1.59. The molecule has 0 saturated carbocycles. The van der Waals surface area contributed by atoms with Crippen molar-refractivity contribution >= 4 is 22.9 Å². The van der Waals surface area contributed by atoms with Crippen molar-refractivity contribution in [2.24, 2.45) is 0 Å². The van der Waals surface area contributed by atoms with Crippen LogP contribution in [0, 0.1) is 0 Å². The maximum Gasteiger partial charge on any atom is 0.263 e. The summed E-state index contributed by atoms with van der Waals surface area (Å²) in [5.74, 6) is 0.567. The summed E-state index contributed by atoms with van der Waals surface area (Å²) in [5, 5.41) is 4.85. The number of aromatic nitrogens is 4. The first-order valence-electron chi connectivity index (χ1n) is 9.92. The van der Waals surface area contributed by atoms with Crippen LogP contribution < -0.4 is 10.5 Å². The molecule has 8 heteroatoms. The van der Waals surface area contributed by atoms with Crippen molar-refractivity contribution in [3.8, 4) is 0 Å². The molecule has 0 bridgehead atoms. The van der Waals surface area contributed by atoms with Gasteiger partial charge in [-0.15, -0.1) is 0 Å². The number of H-pyrrole nitrogens is 1. The Morgan fingerprint density at radius 3 is 2.55 bits per heavy atom. The zero-order valence-corrected chi connectivity index (χ0v) is 17.1. The SMILES string of the molecule is CC(C)(C)n1ncc2c(=O)[nH]c(N3CCCN(C(=O)c4ccccc4)CC3)nc21. The first kappa shape index (κ1) is 19.2. The van der Waals surface area contributed by atoms with E-state index in [0.29, 0.717) is 42.2 Å². The van der Waals surface area contributed by atoms with Crippen molar-refractivity contribution in [2.75, 3.05) is 31.1 Å². The predicted octanol–water partition coefficient (Wildman–Crippen LogP) is 2.23. The third kappa shape index (κ3) is 3.74. The van der Waals surface area contributed by atoms with Crippen LogP contribution in [0.5, 0.6) is 0 Å². The van der Waals surface area contributed by atoms with E-state index in [1.165, 1.54) is 0 Å². The molecule has 0 unspecified atom stereocenters. The van der Waals surface area contributed by atoms with Crippen LogP contribution in [-0.4, -0.2) is 56.7 Å². The summed E-state index contributed by atoms with van der Waals surface area (Å²) in [5.41, 5.74) is 0.806. The highest BCUT2D eigenvalue weighted by Crippen LogP contribution is 2.20. The number of aromatic amines is 1. The quantitative estimate of drug-likeness (QED) is 0.720. The minimum Gasteiger partial charge on any atom is -0.340 e. The van der Waals surface area contributed by atoms with Crippen LogP contribution in [0.15, 0.2) is 41.3 Å².